The molecule has 1 aromatic heterocycles. The van der Waals surface area contributed by atoms with Crippen molar-refractivity contribution in [1.82, 2.24) is 0 Å². The second kappa shape index (κ2) is 7.37. The third-order valence-electron chi connectivity index (χ3n) is 3.78. The monoisotopic (exact) mass is 314 g/mol. The zero-order chi connectivity index (χ0) is 16.1. The molecule has 0 aliphatic rings. The van der Waals surface area contributed by atoms with Crippen LogP contribution in [0.25, 0.3) is 21.7 Å². The highest BCUT2D eigenvalue weighted by Gasteiger charge is 2.10. The molecule has 3 aromatic rings. The Bertz CT molecular complexity index is 856. The Morgan fingerprint density at radius 1 is 1.13 bits per heavy atom. The lowest BCUT2D eigenvalue weighted by atomic mass is 10.0. The number of nitrogens with two attached hydrogens (primary N) is 1. The van der Waals surface area contributed by atoms with E-state index in [1.807, 2.05) is 30.3 Å². The average Bonchev–Trinajstić information content (AvgIpc) is 2.57. The molecule has 0 unspecified atom stereocenters. The summed E-state index contributed by atoms with van der Waals surface area (Å²) in [6, 6.07) is 13.5. The second-order valence-electron chi connectivity index (χ2n) is 5.37. The first kappa shape index (κ1) is 15.7. The van der Waals surface area contributed by atoms with E-state index in [0.717, 1.165) is 28.3 Å². The van der Waals surface area contributed by atoms with E-state index in [1.165, 1.54) is 0 Å². The molecule has 120 valence electrons. The zero-order valence-electron chi connectivity index (χ0n) is 12.8. The molecular weight excluding hydrogens is 294 g/mol. The van der Waals surface area contributed by atoms with Crippen molar-refractivity contribution in [3.05, 3.63) is 58.4 Å². The lowest BCUT2D eigenvalue weighted by molar-refractivity contribution is -0.671. The maximum atomic E-state index is 11.8. The van der Waals surface area contributed by atoms with Gasteiger partial charge in [0, 0.05) is 17.0 Å². The zero-order valence-corrected chi connectivity index (χ0v) is 12.8. The van der Waals surface area contributed by atoms with Crippen LogP contribution in [0.15, 0.2) is 51.7 Å². The molecule has 0 saturated carbocycles. The number of fused-ring (bicyclic) bond motifs is 3. The number of quaternary nitrogens is 1. The molecule has 0 spiro atoms. The molecule has 0 aliphatic heterocycles. The van der Waals surface area contributed by atoms with Gasteiger partial charge in [0.25, 0.3) is 0 Å². The molecule has 0 amide bonds. The topological polar surface area (TPSA) is 76.3 Å². The number of hydrogen-bond acceptors (Lipinski definition) is 4. The van der Waals surface area contributed by atoms with Crippen LogP contribution in [0.5, 0.6) is 0 Å². The van der Waals surface area contributed by atoms with Gasteiger partial charge in [0.05, 0.1) is 26.4 Å². The molecule has 2 aromatic carbocycles. The first-order valence-corrected chi connectivity index (χ1v) is 7.74. The molecule has 0 radical (unpaired) electrons. The molecule has 5 heteroatoms. The highest BCUT2D eigenvalue weighted by molar-refractivity contribution is 6.06. The van der Waals surface area contributed by atoms with Gasteiger partial charge in [-0.2, -0.15) is 0 Å². The van der Waals surface area contributed by atoms with Gasteiger partial charge in [0.2, 0.25) is 0 Å². The van der Waals surface area contributed by atoms with E-state index in [4.69, 9.17) is 14.3 Å². The molecule has 0 saturated heterocycles. The lowest BCUT2D eigenvalue weighted by Crippen LogP contribution is -2.83. The maximum Gasteiger partial charge on any atom is 0.336 e. The standard InChI is InChI=1S/C18H19NO4/c20-8-10-22-9-7-19-12-14-11-17(21)23-16-6-5-13-3-1-2-4-15(13)18(14)16/h1-6,11,19-20H,7-10,12H2/p+1. The fourth-order valence-corrected chi connectivity index (χ4v) is 2.77. The van der Waals surface area contributed by atoms with E-state index in [9.17, 15) is 4.79 Å². The SMILES string of the molecule is O=c1cc(C[NH2+]CCOCCO)c2c(ccc3ccccc32)o1. The molecule has 0 atom stereocenters. The van der Waals surface area contributed by atoms with Gasteiger partial charge in [-0.1, -0.05) is 30.3 Å². The third kappa shape index (κ3) is 3.59. The average molecular weight is 314 g/mol. The minimum Gasteiger partial charge on any atom is -0.423 e. The van der Waals surface area contributed by atoms with E-state index < -0.39 is 0 Å². The van der Waals surface area contributed by atoms with Gasteiger partial charge in [0.15, 0.2) is 0 Å². The van der Waals surface area contributed by atoms with Crippen LogP contribution < -0.4 is 10.9 Å². The van der Waals surface area contributed by atoms with Crippen LogP contribution in [0.1, 0.15) is 5.56 Å². The van der Waals surface area contributed by atoms with E-state index in [0.29, 0.717) is 25.3 Å². The van der Waals surface area contributed by atoms with Gasteiger partial charge in [-0.05, 0) is 16.8 Å². The Hall–Kier alpha value is -2.21. The summed E-state index contributed by atoms with van der Waals surface area (Å²) in [7, 11) is 0. The molecule has 0 fully saturated rings. The summed E-state index contributed by atoms with van der Waals surface area (Å²) in [6.45, 7) is 2.42. The Labute approximate surface area is 133 Å². The van der Waals surface area contributed by atoms with Crippen molar-refractivity contribution in [2.75, 3.05) is 26.4 Å². The highest BCUT2D eigenvalue weighted by atomic mass is 16.5. The summed E-state index contributed by atoms with van der Waals surface area (Å²) in [6.07, 6.45) is 0. The summed E-state index contributed by atoms with van der Waals surface area (Å²) in [5, 5.41) is 14.0. The predicted molar refractivity (Wildman–Crippen MR) is 88.4 cm³/mol. The molecule has 0 bridgehead atoms. The van der Waals surface area contributed by atoms with Gasteiger partial charge < -0.3 is 19.6 Å². The fraction of sp³-hybridized carbons (Fsp3) is 0.278. The van der Waals surface area contributed by atoms with Crippen LogP contribution in [0, 0.1) is 0 Å². The summed E-state index contributed by atoms with van der Waals surface area (Å²) >= 11 is 0. The van der Waals surface area contributed by atoms with E-state index >= 15 is 0 Å². The normalized spacial score (nSPS) is 11.3. The molecular formula is C18H20NO4+. The number of benzene rings is 2. The molecule has 1 heterocycles. The second-order valence-corrected chi connectivity index (χ2v) is 5.37. The first-order valence-electron chi connectivity index (χ1n) is 7.74. The van der Waals surface area contributed by atoms with Gasteiger partial charge >= 0.3 is 5.63 Å². The van der Waals surface area contributed by atoms with Gasteiger partial charge in [-0.15, -0.1) is 0 Å². The van der Waals surface area contributed by atoms with Crippen LogP contribution in [0.4, 0.5) is 0 Å². The molecule has 5 nitrogen and oxygen atoms in total. The Morgan fingerprint density at radius 2 is 2.00 bits per heavy atom. The van der Waals surface area contributed by atoms with Crippen molar-refractivity contribution in [2.24, 2.45) is 0 Å². The maximum absolute atomic E-state index is 11.8. The van der Waals surface area contributed by atoms with Gasteiger partial charge in [-0.3, -0.25) is 0 Å². The van der Waals surface area contributed by atoms with Gasteiger partial charge in [0.1, 0.15) is 12.1 Å². The Balaban J connectivity index is 1.89. The van der Waals surface area contributed by atoms with Crippen molar-refractivity contribution >= 4 is 21.7 Å². The predicted octanol–water partition coefficient (Wildman–Crippen LogP) is 1.02. The van der Waals surface area contributed by atoms with Crippen molar-refractivity contribution in [2.45, 2.75) is 6.54 Å². The molecule has 3 rings (SSSR count). The van der Waals surface area contributed by atoms with Crippen molar-refractivity contribution in [3.63, 3.8) is 0 Å². The quantitative estimate of drug-likeness (QED) is 0.388. The Kier molecular flexibility index (Phi) is 5.02. The smallest absolute Gasteiger partial charge is 0.336 e. The summed E-state index contributed by atoms with van der Waals surface area (Å²) < 4.78 is 10.6. The van der Waals surface area contributed by atoms with Crippen molar-refractivity contribution in [3.8, 4) is 0 Å². The number of aliphatic hydroxyl groups excluding tert-OH is 1. The van der Waals surface area contributed by atoms with E-state index in [1.54, 1.807) is 6.07 Å². The number of aliphatic hydroxyl groups is 1. The molecule has 3 N–H and O–H groups in total. The largest absolute Gasteiger partial charge is 0.423 e. The van der Waals surface area contributed by atoms with Gasteiger partial charge in [-0.25, -0.2) is 4.79 Å². The lowest BCUT2D eigenvalue weighted by Gasteiger charge is -2.08. The van der Waals surface area contributed by atoms with Crippen LogP contribution in [0.3, 0.4) is 0 Å². The molecule has 23 heavy (non-hydrogen) atoms. The van der Waals surface area contributed by atoms with Crippen LogP contribution >= 0.6 is 0 Å². The van der Waals surface area contributed by atoms with Crippen LogP contribution in [0.2, 0.25) is 0 Å². The third-order valence-corrected chi connectivity index (χ3v) is 3.78. The summed E-state index contributed by atoms with van der Waals surface area (Å²) in [4.78, 5) is 11.8. The Morgan fingerprint density at radius 3 is 2.87 bits per heavy atom. The van der Waals surface area contributed by atoms with E-state index in [2.05, 4.69) is 11.4 Å². The summed E-state index contributed by atoms with van der Waals surface area (Å²) in [5.74, 6) is 0. The summed E-state index contributed by atoms with van der Waals surface area (Å²) in [5.41, 5.74) is 1.26. The number of ether oxygens (including phenoxy) is 1. The first-order chi connectivity index (χ1) is 11.3. The van der Waals surface area contributed by atoms with Crippen molar-refractivity contribution < 1.29 is 19.6 Å². The molecule has 0 aliphatic carbocycles. The number of hydrogen-bond donors (Lipinski definition) is 2. The number of rotatable bonds is 7. The van der Waals surface area contributed by atoms with Crippen molar-refractivity contribution in [1.29, 1.82) is 0 Å². The minimum absolute atomic E-state index is 0.0381. The van der Waals surface area contributed by atoms with Crippen LogP contribution in [-0.4, -0.2) is 31.5 Å². The van der Waals surface area contributed by atoms with E-state index in [-0.39, 0.29) is 12.2 Å². The highest BCUT2D eigenvalue weighted by Crippen LogP contribution is 2.26. The minimum atomic E-state index is -0.326. The van der Waals surface area contributed by atoms with Crippen LogP contribution in [-0.2, 0) is 11.3 Å². The fourth-order valence-electron chi connectivity index (χ4n) is 2.77.